The Kier molecular flexibility index (Phi) is 5.66. The van der Waals surface area contributed by atoms with Crippen molar-refractivity contribution in [2.45, 2.75) is 47.1 Å². The van der Waals surface area contributed by atoms with Crippen LogP contribution in [0.15, 0.2) is 6.07 Å². The summed E-state index contributed by atoms with van der Waals surface area (Å²) in [5.74, 6) is 1.83. The van der Waals surface area contributed by atoms with Crippen molar-refractivity contribution in [2.24, 2.45) is 0 Å². The van der Waals surface area contributed by atoms with Gasteiger partial charge in [-0.1, -0.05) is 13.8 Å². The van der Waals surface area contributed by atoms with Gasteiger partial charge in [-0.25, -0.2) is 9.97 Å². The second kappa shape index (κ2) is 7.49. The maximum atomic E-state index is 5.30. The van der Waals surface area contributed by atoms with Crippen LogP contribution in [0.3, 0.4) is 0 Å². The van der Waals surface area contributed by atoms with E-state index in [0.29, 0.717) is 6.61 Å². The summed E-state index contributed by atoms with van der Waals surface area (Å²) in [5, 5.41) is 1.05. The quantitative estimate of drug-likeness (QED) is 0.869. The monoisotopic (exact) mass is 302 g/mol. The molecule has 5 heteroatoms. The van der Waals surface area contributed by atoms with Crippen LogP contribution in [0.25, 0.3) is 10.9 Å². The van der Waals surface area contributed by atoms with Gasteiger partial charge >= 0.3 is 0 Å². The first-order valence-corrected chi connectivity index (χ1v) is 8.08. The molecule has 2 aromatic rings. The smallest absolute Gasteiger partial charge is 0.142 e. The average molecular weight is 302 g/mol. The van der Waals surface area contributed by atoms with Crippen LogP contribution in [-0.2, 0) is 11.3 Å². The third-order valence-electron chi connectivity index (χ3n) is 3.66. The number of aromatic nitrogens is 3. The molecule has 3 rings (SSSR count). The average Bonchev–Trinajstić information content (AvgIpc) is 3.02. The Labute approximate surface area is 132 Å². The summed E-state index contributed by atoms with van der Waals surface area (Å²) in [5.41, 5.74) is 2.87. The molecule has 22 heavy (non-hydrogen) atoms. The fourth-order valence-corrected chi connectivity index (χ4v) is 2.86. The SMILES string of the molecule is CC.COCc1nc(C)cc2nc(C)nc(N3CCCC3)c12. The molecule has 5 nitrogen and oxygen atoms in total. The molecule has 0 saturated carbocycles. The number of hydrogen-bond acceptors (Lipinski definition) is 5. The summed E-state index contributed by atoms with van der Waals surface area (Å²) in [6, 6.07) is 2.03. The van der Waals surface area contributed by atoms with Gasteiger partial charge in [0.2, 0.25) is 0 Å². The van der Waals surface area contributed by atoms with Crippen LogP contribution in [0, 0.1) is 13.8 Å². The highest BCUT2D eigenvalue weighted by Crippen LogP contribution is 2.29. The summed E-state index contributed by atoms with van der Waals surface area (Å²) < 4.78 is 5.30. The first-order chi connectivity index (χ1) is 10.7. The van der Waals surface area contributed by atoms with Crippen molar-refractivity contribution in [1.82, 2.24) is 15.0 Å². The third-order valence-corrected chi connectivity index (χ3v) is 3.66. The number of hydrogen-bond donors (Lipinski definition) is 0. The summed E-state index contributed by atoms with van der Waals surface area (Å²) in [6.45, 7) is 10.6. The predicted octanol–water partition coefficient (Wildman–Crippen LogP) is 3.41. The second-order valence-electron chi connectivity index (χ2n) is 5.33. The lowest BCUT2D eigenvalue weighted by Crippen LogP contribution is -2.20. The van der Waals surface area contributed by atoms with Crippen molar-refractivity contribution >= 4 is 16.7 Å². The molecule has 120 valence electrons. The summed E-state index contributed by atoms with van der Waals surface area (Å²) in [7, 11) is 1.69. The highest BCUT2D eigenvalue weighted by atomic mass is 16.5. The van der Waals surface area contributed by atoms with Crippen LogP contribution in [0.4, 0.5) is 5.82 Å². The van der Waals surface area contributed by atoms with Crippen LogP contribution in [0.2, 0.25) is 0 Å². The first-order valence-electron chi connectivity index (χ1n) is 8.08. The summed E-state index contributed by atoms with van der Waals surface area (Å²) in [6.07, 6.45) is 2.45. The van der Waals surface area contributed by atoms with Gasteiger partial charge in [0.05, 0.1) is 23.2 Å². The van der Waals surface area contributed by atoms with E-state index >= 15 is 0 Å². The van der Waals surface area contributed by atoms with E-state index in [1.54, 1.807) is 7.11 Å². The van der Waals surface area contributed by atoms with Crippen LogP contribution >= 0.6 is 0 Å². The predicted molar refractivity (Wildman–Crippen MR) is 90.3 cm³/mol. The highest BCUT2D eigenvalue weighted by molar-refractivity contribution is 5.92. The van der Waals surface area contributed by atoms with Gasteiger partial charge in [0.1, 0.15) is 11.6 Å². The molecule has 0 spiro atoms. The summed E-state index contributed by atoms with van der Waals surface area (Å²) >= 11 is 0. The van der Waals surface area contributed by atoms with E-state index in [0.717, 1.165) is 47.0 Å². The zero-order chi connectivity index (χ0) is 16.1. The molecule has 2 aromatic heterocycles. The van der Waals surface area contributed by atoms with Gasteiger partial charge in [-0.15, -0.1) is 0 Å². The highest BCUT2D eigenvalue weighted by Gasteiger charge is 2.20. The largest absolute Gasteiger partial charge is 0.378 e. The number of fused-ring (bicyclic) bond motifs is 1. The Morgan fingerprint density at radius 1 is 1.09 bits per heavy atom. The molecule has 0 N–H and O–H groups in total. The molecular weight excluding hydrogens is 276 g/mol. The van der Waals surface area contributed by atoms with E-state index in [4.69, 9.17) is 4.74 Å². The molecule has 1 saturated heterocycles. The maximum absolute atomic E-state index is 5.30. The van der Waals surface area contributed by atoms with Gasteiger partial charge in [0, 0.05) is 25.9 Å². The molecule has 0 bridgehead atoms. The Bertz CT molecular complexity index is 631. The Hall–Kier alpha value is -1.75. The van der Waals surface area contributed by atoms with Crippen molar-refractivity contribution in [3.8, 4) is 0 Å². The van der Waals surface area contributed by atoms with Crippen molar-refractivity contribution in [3.05, 3.63) is 23.3 Å². The van der Waals surface area contributed by atoms with E-state index in [2.05, 4.69) is 19.9 Å². The normalized spacial score (nSPS) is 14.1. The maximum Gasteiger partial charge on any atom is 0.142 e. The molecule has 0 aromatic carbocycles. The second-order valence-corrected chi connectivity index (χ2v) is 5.33. The van der Waals surface area contributed by atoms with E-state index in [-0.39, 0.29) is 0 Å². The van der Waals surface area contributed by atoms with Gasteiger partial charge < -0.3 is 9.64 Å². The van der Waals surface area contributed by atoms with Crippen LogP contribution < -0.4 is 4.90 Å². The zero-order valence-corrected chi connectivity index (χ0v) is 14.3. The van der Waals surface area contributed by atoms with E-state index < -0.39 is 0 Å². The third kappa shape index (κ3) is 3.35. The van der Waals surface area contributed by atoms with Crippen molar-refractivity contribution in [1.29, 1.82) is 0 Å². The molecule has 1 aliphatic heterocycles. The lowest BCUT2D eigenvalue weighted by Gasteiger charge is -2.20. The fraction of sp³-hybridized carbons (Fsp3) is 0.588. The molecule has 0 atom stereocenters. The minimum atomic E-state index is 0.492. The number of pyridine rings is 1. The van der Waals surface area contributed by atoms with Crippen molar-refractivity contribution < 1.29 is 4.74 Å². The van der Waals surface area contributed by atoms with Gasteiger partial charge in [0.15, 0.2) is 0 Å². The standard InChI is InChI=1S/C15H20N4O.C2H6/c1-10-8-12-14(13(16-10)9-20-3)15(18-11(2)17-12)19-6-4-5-7-19;1-2/h8H,4-7,9H2,1-3H3;1-2H3. The lowest BCUT2D eigenvalue weighted by atomic mass is 10.1. The van der Waals surface area contributed by atoms with Crippen LogP contribution in [0.1, 0.15) is 43.9 Å². The first kappa shape index (κ1) is 16.6. The summed E-state index contributed by atoms with van der Waals surface area (Å²) in [4.78, 5) is 16.2. The Morgan fingerprint density at radius 2 is 1.77 bits per heavy atom. The molecule has 0 aliphatic carbocycles. The molecule has 0 amide bonds. The Morgan fingerprint density at radius 3 is 2.41 bits per heavy atom. The molecule has 1 fully saturated rings. The van der Waals surface area contributed by atoms with Crippen molar-refractivity contribution in [3.63, 3.8) is 0 Å². The van der Waals surface area contributed by atoms with E-state index in [1.165, 1.54) is 12.8 Å². The number of ether oxygens (including phenoxy) is 1. The van der Waals surface area contributed by atoms with E-state index in [9.17, 15) is 0 Å². The number of anilines is 1. The topological polar surface area (TPSA) is 51.1 Å². The number of nitrogens with zero attached hydrogens (tertiary/aromatic N) is 4. The Balaban J connectivity index is 0.000000847. The fourth-order valence-electron chi connectivity index (χ4n) is 2.86. The van der Waals surface area contributed by atoms with Crippen molar-refractivity contribution in [2.75, 3.05) is 25.1 Å². The number of methoxy groups -OCH3 is 1. The van der Waals surface area contributed by atoms with Gasteiger partial charge in [-0.05, 0) is 32.8 Å². The lowest BCUT2D eigenvalue weighted by molar-refractivity contribution is 0.182. The van der Waals surface area contributed by atoms with Gasteiger partial charge in [0.25, 0.3) is 0 Å². The zero-order valence-electron chi connectivity index (χ0n) is 14.3. The minimum absolute atomic E-state index is 0.492. The van der Waals surface area contributed by atoms with Gasteiger partial charge in [-0.2, -0.15) is 0 Å². The number of rotatable bonds is 3. The molecular formula is C17H26N4O. The number of aryl methyl sites for hydroxylation is 2. The minimum Gasteiger partial charge on any atom is -0.378 e. The molecule has 1 aliphatic rings. The van der Waals surface area contributed by atoms with Crippen LogP contribution in [0.5, 0.6) is 0 Å². The van der Waals surface area contributed by atoms with Gasteiger partial charge in [-0.3, -0.25) is 4.98 Å². The van der Waals surface area contributed by atoms with Crippen LogP contribution in [-0.4, -0.2) is 35.2 Å². The molecule has 0 unspecified atom stereocenters. The molecule has 3 heterocycles. The van der Waals surface area contributed by atoms with E-state index in [1.807, 2.05) is 33.8 Å². The molecule has 0 radical (unpaired) electrons.